The van der Waals surface area contributed by atoms with Crippen molar-refractivity contribution < 1.29 is 13.9 Å². The van der Waals surface area contributed by atoms with Crippen LogP contribution in [0, 0.1) is 0 Å². The second-order valence-electron chi connectivity index (χ2n) is 6.44. The van der Waals surface area contributed by atoms with E-state index in [0.717, 1.165) is 24.3 Å². The summed E-state index contributed by atoms with van der Waals surface area (Å²) in [4.78, 5) is 18.9. The van der Waals surface area contributed by atoms with E-state index in [4.69, 9.17) is 9.15 Å². The van der Waals surface area contributed by atoms with Crippen molar-refractivity contribution in [3.05, 3.63) is 66.7 Å². The summed E-state index contributed by atoms with van der Waals surface area (Å²) in [6.07, 6.45) is 2.65. The van der Waals surface area contributed by atoms with Crippen molar-refractivity contribution in [1.29, 1.82) is 0 Å². The Morgan fingerprint density at radius 3 is 2.64 bits per heavy atom. The Balaban J connectivity index is 1.63. The van der Waals surface area contributed by atoms with Crippen LogP contribution < -0.4 is 10.1 Å². The van der Waals surface area contributed by atoms with Crippen molar-refractivity contribution in [2.24, 2.45) is 0 Å². The van der Waals surface area contributed by atoms with E-state index in [1.165, 1.54) is 0 Å². The second kappa shape index (κ2) is 9.71. The first-order chi connectivity index (χ1) is 13.7. The van der Waals surface area contributed by atoms with E-state index in [1.807, 2.05) is 59.5 Å². The van der Waals surface area contributed by atoms with Crippen molar-refractivity contribution in [2.75, 3.05) is 25.5 Å². The van der Waals surface area contributed by atoms with Crippen LogP contribution in [-0.4, -0.2) is 36.0 Å². The van der Waals surface area contributed by atoms with Gasteiger partial charge in [-0.3, -0.25) is 9.69 Å². The van der Waals surface area contributed by atoms with Gasteiger partial charge in [-0.2, -0.15) is 0 Å². The van der Waals surface area contributed by atoms with Gasteiger partial charge >= 0.3 is 0 Å². The summed E-state index contributed by atoms with van der Waals surface area (Å²) in [7, 11) is 1.58. The number of rotatable bonds is 9. The molecule has 28 heavy (non-hydrogen) atoms. The average molecular weight is 379 g/mol. The number of carbonyl (C=O) groups excluding carboxylic acids is 1. The zero-order chi connectivity index (χ0) is 19.8. The van der Waals surface area contributed by atoms with Crippen LogP contribution >= 0.6 is 0 Å². The molecule has 0 aliphatic heterocycles. The summed E-state index contributed by atoms with van der Waals surface area (Å²) in [5.41, 5.74) is 1.64. The summed E-state index contributed by atoms with van der Waals surface area (Å²) >= 11 is 0. The van der Waals surface area contributed by atoms with Crippen LogP contribution in [0.15, 0.2) is 65.2 Å². The summed E-state index contributed by atoms with van der Waals surface area (Å²) < 4.78 is 11.2. The maximum Gasteiger partial charge on any atom is 0.238 e. The highest BCUT2D eigenvalue weighted by atomic mass is 16.5. The molecule has 0 atom stereocenters. The number of amides is 1. The van der Waals surface area contributed by atoms with Crippen LogP contribution in [0.2, 0.25) is 0 Å². The molecule has 1 aromatic heterocycles. The Labute approximate surface area is 165 Å². The molecular weight excluding hydrogens is 354 g/mol. The maximum absolute atomic E-state index is 12.5. The zero-order valence-corrected chi connectivity index (χ0v) is 16.2. The van der Waals surface area contributed by atoms with E-state index in [1.54, 1.807) is 13.3 Å². The predicted molar refractivity (Wildman–Crippen MR) is 109 cm³/mol. The van der Waals surface area contributed by atoms with E-state index >= 15 is 0 Å². The van der Waals surface area contributed by atoms with Gasteiger partial charge in [0.1, 0.15) is 5.75 Å². The van der Waals surface area contributed by atoms with Gasteiger partial charge in [-0.05, 0) is 25.1 Å². The van der Waals surface area contributed by atoms with E-state index in [2.05, 4.69) is 17.2 Å². The van der Waals surface area contributed by atoms with Crippen LogP contribution in [0.3, 0.4) is 0 Å². The number of methoxy groups -OCH3 is 1. The number of nitrogens with one attached hydrogen (secondary N) is 1. The lowest BCUT2D eigenvalue weighted by atomic mass is 10.2. The first-order valence-corrected chi connectivity index (χ1v) is 9.35. The van der Waals surface area contributed by atoms with E-state index in [0.29, 0.717) is 23.9 Å². The molecule has 2 aromatic carbocycles. The molecule has 3 rings (SSSR count). The Kier molecular flexibility index (Phi) is 6.81. The molecule has 0 aliphatic rings. The fourth-order valence-electron chi connectivity index (χ4n) is 2.98. The molecule has 6 heteroatoms. The number of para-hydroxylation sites is 2. The third-order valence-electron chi connectivity index (χ3n) is 4.26. The monoisotopic (exact) mass is 379 g/mol. The highest BCUT2D eigenvalue weighted by Gasteiger charge is 2.15. The molecule has 146 valence electrons. The molecule has 0 bridgehead atoms. The maximum atomic E-state index is 12.5. The third-order valence-corrected chi connectivity index (χ3v) is 4.26. The SMILES string of the molecule is CCCN(CC(=O)Nc1ccccc1OC)Cc1ncc(-c2ccccc2)o1. The Morgan fingerprint density at radius 2 is 1.89 bits per heavy atom. The van der Waals surface area contributed by atoms with Crippen molar-refractivity contribution >= 4 is 11.6 Å². The van der Waals surface area contributed by atoms with Gasteiger partial charge in [0.05, 0.1) is 32.1 Å². The topological polar surface area (TPSA) is 67.6 Å². The summed E-state index contributed by atoms with van der Waals surface area (Å²) in [5, 5.41) is 2.91. The zero-order valence-electron chi connectivity index (χ0n) is 16.2. The van der Waals surface area contributed by atoms with Gasteiger partial charge in [0.15, 0.2) is 5.76 Å². The number of benzene rings is 2. The molecule has 0 radical (unpaired) electrons. The van der Waals surface area contributed by atoms with Crippen molar-refractivity contribution in [1.82, 2.24) is 9.88 Å². The van der Waals surface area contributed by atoms with Crippen LogP contribution in [0.4, 0.5) is 5.69 Å². The molecule has 0 fully saturated rings. The minimum atomic E-state index is -0.104. The van der Waals surface area contributed by atoms with Gasteiger partial charge in [0, 0.05) is 5.56 Å². The van der Waals surface area contributed by atoms with Crippen molar-refractivity contribution in [2.45, 2.75) is 19.9 Å². The van der Waals surface area contributed by atoms with E-state index in [9.17, 15) is 4.79 Å². The Bertz CT molecular complexity index is 893. The number of ether oxygens (including phenoxy) is 1. The van der Waals surface area contributed by atoms with Gasteiger partial charge in [-0.15, -0.1) is 0 Å². The van der Waals surface area contributed by atoms with Crippen molar-refractivity contribution in [3.8, 4) is 17.1 Å². The summed E-state index contributed by atoms with van der Waals surface area (Å²) in [6.45, 7) is 3.56. The summed E-state index contributed by atoms with van der Waals surface area (Å²) in [6, 6.07) is 17.2. The molecule has 0 spiro atoms. The Morgan fingerprint density at radius 1 is 1.14 bits per heavy atom. The molecule has 1 heterocycles. The minimum absolute atomic E-state index is 0.104. The normalized spacial score (nSPS) is 10.8. The predicted octanol–water partition coefficient (Wildman–Crippen LogP) is 4.20. The van der Waals surface area contributed by atoms with Gasteiger partial charge in [-0.25, -0.2) is 4.98 Å². The number of nitrogens with zero attached hydrogens (tertiary/aromatic N) is 2. The smallest absolute Gasteiger partial charge is 0.238 e. The van der Waals surface area contributed by atoms with E-state index < -0.39 is 0 Å². The van der Waals surface area contributed by atoms with Crippen LogP contribution in [0.5, 0.6) is 5.75 Å². The highest BCUT2D eigenvalue weighted by Crippen LogP contribution is 2.23. The number of hydrogen-bond acceptors (Lipinski definition) is 5. The number of hydrogen-bond donors (Lipinski definition) is 1. The lowest BCUT2D eigenvalue weighted by Crippen LogP contribution is -2.33. The standard InChI is InChI=1S/C22H25N3O3/c1-3-13-25(15-21(26)24-18-11-7-8-12-19(18)27-2)16-22-23-14-20(28-22)17-9-5-4-6-10-17/h4-12,14H,3,13,15-16H2,1-2H3,(H,24,26). The number of carbonyl (C=O) groups is 1. The van der Waals surface area contributed by atoms with Crippen LogP contribution in [0.1, 0.15) is 19.2 Å². The highest BCUT2D eigenvalue weighted by molar-refractivity contribution is 5.93. The van der Waals surface area contributed by atoms with Crippen LogP contribution in [0.25, 0.3) is 11.3 Å². The molecular formula is C22H25N3O3. The molecule has 0 aliphatic carbocycles. The number of anilines is 1. The fraction of sp³-hybridized carbons (Fsp3) is 0.273. The molecule has 3 aromatic rings. The third kappa shape index (κ3) is 5.20. The fourth-order valence-corrected chi connectivity index (χ4v) is 2.98. The van der Waals surface area contributed by atoms with E-state index in [-0.39, 0.29) is 12.5 Å². The minimum Gasteiger partial charge on any atom is -0.495 e. The number of aromatic nitrogens is 1. The van der Waals surface area contributed by atoms with Gasteiger partial charge in [0.25, 0.3) is 0 Å². The molecule has 0 saturated carbocycles. The quantitative estimate of drug-likeness (QED) is 0.603. The Hall–Kier alpha value is -3.12. The average Bonchev–Trinajstić information content (AvgIpc) is 3.17. The summed E-state index contributed by atoms with van der Waals surface area (Å²) in [5.74, 6) is 1.86. The molecule has 1 amide bonds. The molecule has 1 N–H and O–H groups in total. The van der Waals surface area contributed by atoms with Gasteiger partial charge < -0.3 is 14.5 Å². The van der Waals surface area contributed by atoms with Gasteiger partial charge in [0.2, 0.25) is 11.8 Å². The van der Waals surface area contributed by atoms with Crippen LogP contribution in [-0.2, 0) is 11.3 Å². The molecule has 0 saturated heterocycles. The lowest BCUT2D eigenvalue weighted by Gasteiger charge is -2.19. The first kappa shape index (κ1) is 19.6. The van der Waals surface area contributed by atoms with Crippen molar-refractivity contribution in [3.63, 3.8) is 0 Å². The second-order valence-corrected chi connectivity index (χ2v) is 6.44. The molecule has 0 unspecified atom stereocenters. The lowest BCUT2D eigenvalue weighted by molar-refractivity contribution is -0.117. The van der Waals surface area contributed by atoms with Gasteiger partial charge in [-0.1, -0.05) is 49.4 Å². The first-order valence-electron chi connectivity index (χ1n) is 9.35. The molecule has 6 nitrogen and oxygen atoms in total. The largest absolute Gasteiger partial charge is 0.495 e. The number of oxazole rings is 1.